The molecule has 0 radical (unpaired) electrons. The van der Waals surface area contributed by atoms with Crippen LogP contribution in [0, 0.1) is 0 Å². The van der Waals surface area contributed by atoms with E-state index in [-0.39, 0.29) is 0 Å². The molecule has 0 aromatic rings. The van der Waals surface area contributed by atoms with Crippen LogP contribution < -0.4 is 0 Å². The Hall–Kier alpha value is -0.180. The Kier molecular flexibility index (Phi) is 3.89. The maximum absolute atomic E-state index is 3.89. The monoisotopic (exact) mass is 118 g/mol. The van der Waals surface area contributed by atoms with Crippen LogP contribution in [0.3, 0.4) is 0 Å². The van der Waals surface area contributed by atoms with E-state index < -0.39 is 0 Å². The van der Waals surface area contributed by atoms with Gasteiger partial charge in [0.1, 0.15) is 0 Å². The van der Waals surface area contributed by atoms with Gasteiger partial charge >= 0.3 is 0 Å². The molecule has 0 aliphatic rings. The predicted molar refractivity (Wildman–Crippen MR) is 35.7 cm³/mol. The normalized spacial score (nSPS) is 10.1. The van der Waals surface area contributed by atoms with Crippen LogP contribution in [0.25, 0.3) is 0 Å². The van der Waals surface area contributed by atoms with Crippen molar-refractivity contribution in [3.8, 4) is 0 Å². The van der Waals surface area contributed by atoms with E-state index in [0.717, 1.165) is 0 Å². The highest BCUT2D eigenvalue weighted by atomic mass is 32.2. The quantitative estimate of drug-likeness (QED) is 0.303. The molecule has 0 saturated carbocycles. The van der Waals surface area contributed by atoms with Crippen LogP contribution in [0.15, 0.2) is 4.40 Å². The first-order valence-corrected chi connectivity index (χ1v) is 3.18. The van der Waals surface area contributed by atoms with Gasteiger partial charge in [0.25, 0.3) is 0 Å². The molecule has 0 fully saturated rings. The summed E-state index contributed by atoms with van der Waals surface area (Å²) in [5.74, 6) is 0. The van der Waals surface area contributed by atoms with Gasteiger partial charge in [0.15, 0.2) is 0 Å². The maximum Gasteiger partial charge on any atom is 0.0984 e. The summed E-state index contributed by atoms with van der Waals surface area (Å²) in [6.45, 7) is 0. The van der Waals surface area contributed by atoms with Crippen LogP contribution >= 0.6 is 11.9 Å². The van der Waals surface area contributed by atoms with E-state index in [1.54, 1.807) is 6.34 Å². The van der Waals surface area contributed by atoms with Gasteiger partial charge in [0.05, 0.1) is 6.34 Å². The fourth-order valence-corrected chi connectivity index (χ4v) is 0.424. The van der Waals surface area contributed by atoms with E-state index in [1.807, 2.05) is 25.3 Å². The first-order chi connectivity index (χ1) is 3.27. The van der Waals surface area contributed by atoms with Crippen LogP contribution in [-0.4, -0.2) is 31.6 Å². The zero-order valence-electron chi connectivity index (χ0n) is 4.88. The van der Waals surface area contributed by atoms with Gasteiger partial charge in [-0.1, -0.05) is 0 Å². The van der Waals surface area contributed by atoms with Crippen LogP contribution in [0.4, 0.5) is 0 Å². The Balaban J connectivity index is 3.08. The van der Waals surface area contributed by atoms with Gasteiger partial charge < -0.3 is 4.90 Å². The molecule has 0 rings (SSSR count). The molecule has 0 aliphatic carbocycles. The zero-order chi connectivity index (χ0) is 5.70. The fourth-order valence-electron chi connectivity index (χ4n) is 0.141. The van der Waals surface area contributed by atoms with Gasteiger partial charge in [-0.2, -0.15) is 0 Å². The van der Waals surface area contributed by atoms with E-state index >= 15 is 0 Å². The van der Waals surface area contributed by atoms with Gasteiger partial charge in [-0.3, -0.25) is 0 Å². The second kappa shape index (κ2) is 3.99. The lowest BCUT2D eigenvalue weighted by Crippen LogP contribution is -2.06. The summed E-state index contributed by atoms with van der Waals surface area (Å²) in [4.78, 5) is 1.90. The molecule has 0 amide bonds. The molecular formula is C4H10N2S. The summed E-state index contributed by atoms with van der Waals surface area (Å²) < 4.78 is 3.89. The van der Waals surface area contributed by atoms with E-state index in [4.69, 9.17) is 0 Å². The summed E-state index contributed by atoms with van der Waals surface area (Å²) in [5, 5.41) is 0. The summed E-state index contributed by atoms with van der Waals surface area (Å²) in [7, 11) is 3.89. The van der Waals surface area contributed by atoms with Crippen LogP contribution in [-0.2, 0) is 0 Å². The summed E-state index contributed by atoms with van der Waals surface area (Å²) in [5.41, 5.74) is 0. The fraction of sp³-hybridized carbons (Fsp3) is 0.750. The van der Waals surface area contributed by atoms with Crippen molar-refractivity contribution in [2.75, 3.05) is 20.4 Å². The molecule has 0 saturated heterocycles. The van der Waals surface area contributed by atoms with Gasteiger partial charge in [-0.25, -0.2) is 4.40 Å². The van der Waals surface area contributed by atoms with Crippen molar-refractivity contribution in [1.82, 2.24) is 4.90 Å². The van der Waals surface area contributed by atoms with Gasteiger partial charge in [0.2, 0.25) is 0 Å². The average Bonchev–Trinajstić information content (AvgIpc) is 1.61. The van der Waals surface area contributed by atoms with E-state index in [1.165, 1.54) is 11.9 Å². The first-order valence-electron chi connectivity index (χ1n) is 2.00. The predicted octanol–water partition coefficient (Wildman–Crippen LogP) is 0.854. The minimum atomic E-state index is 1.46. The minimum Gasteiger partial charge on any atom is -0.368 e. The molecule has 0 aliphatic heterocycles. The van der Waals surface area contributed by atoms with Crippen molar-refractivity contribution in [3.05, 3.63) is 0 Å². The third-order valence-corrected chi connectivity index (χ3v) is 0.689. The molecule has 3 heteroatoms. The molecule has 0 N–H and O–H groups in total. The van der Waals surface area contributed by atoms with Crippen molar-refractivity contribution < 1.29 is 0 Å². The van der Waals surface area contributed by atoms with E-state index in [2.05, 4.69) is 4.40 Å². The molecule has 0 bridgehead atoms. The number of hydrogen-bond acceptors (Lipinski definition) is 2. The maximum atomic E-state index is 3.89. The highest BCUT2D eigenvalue weighted by Crippen LogP contribution is 1.88. The first kappa shape index (κ1) is 6.82. The Labute approximate surface area is 48.7 Å². The van der Waals surface area contributed by atoms with Gasteiger partial charge in [-0.15, -0.1) is 0 Å². The Bertz CT molecular complexity index is 60.7. The van der Waals surface area contributed by atoms with Crippen LogP contribution in [0.1, 0.15) is 0 Å². The molecule has 0 aromatic carbocycles. The molecular weight excluding hydrogens is 108 g/mol. The van der Waals surface area contributed by atoms with Crippen molar-refractivity contribution in [2.45, 2.75) is 0 Å². The molecule has 42 valence electrons. The molecule has 2 nitrogen and oxygen atoms in total. The molecule has 7 heavy (non-hydrogen) atoms. The summed E-state index contributed by atoms with van der Waals surface area (Å²) in [6.07, 6.45) is 3.70. The molecule has 0 atom stereocenters. The van der Waals surface area contributed by atoms with Crippen molar-refractivity contribution in [3.63, 3.8) is 0 Å². The second-order valence-corrected chi connectivity index (χ2v) is 1.94. The molecule has 0 aromatic heterocycles. The van der Waals surface area contributed by atoms with E-state index in [9.17, 15) is 0 Å². The SMILES string of the molecule is CSN=CN(C)C. The lowest BCUT2D eigenvalue weighted by molar-refractivity contribution is 0.645. The number of hydrogen-bond donors (Lipinski definition) is 0. The lowest BCUT2D eigenvalue weighted by atomic mass is 11.0. The highest BCUT2D eigenvalue weighted by molar-refractivity contribution is 7.97. The topological polar surface area (TPSA) is 15.6 Å². The van der Waals surface area contributed by atoms with E-state index in [0.29, 0.717) is 0 Å². The summed E-state index contributed by atoms with van der Waals surface area (Å²) in [6, 6.07) is 0. The molecule has 0 heterocycles. The summed E-state index contributed by atoms with van der Waals surface area (Å²) >= 11 is 1.46. The molecule has 0 spiro atoms. The standard InChI is InChI=1S/C4H10N2S/c1-6(2)4-5-7-3/h4H,1-3H3. The smallest absolute Gasteiger partial charge is 0.0984 e. The van der Waals surface area contributed by atoms with Crippen molar-refractivity contribution >= 4 is 18.3 Å². The Morgan fingerprint density at radius 2 is 2.14 bits per heavy atom. The van der Waals surface area contributed by atoms with Crippen molar-refractivity contribution in [1.29, 1.82) is 0 Å². The van der Waals surface area contributed by atoms with Gasteiger partial charge in [-0.05, 0) is 11.9 Å². The molecule has 0 unspecified atom stereocenters. The Morgan fingerprint density at radius 3 is 2.29 bits per heavy atom. The number of nitrogens with zero attached hydrogens (tertiary/aromatic N) is 2. The second-order valence-electron chi connectivity index (χ2n) is 1.37. The van der Waals surface area contributed by atoms with Crippen molar-refractivity contribution in [2.24, 2.45) is 4.40 Å². The highest BCUT2D eigenvalue weighted by Gasteiger charge is 1.71. The minimum absolute atomic E-state index is 1.46. The van der Waals surface area contributed by atoms with Gasteiger partial charge in [0, 0.05) is 20.4 Å². The van der Waals surface area contributed by atoms with Crippen LogP contribution in [0.2, 0.25) is 0 Å². The lowest BCUT2D eigenvalue weighted by Gasteiger charge is -1.99. The number of rotatable bonds is 2. The third-order valence-electron chi connectivity index (χ3n) is 0.383. The average molecular weight is 118 g/mol. The van der Waals surface area contributed by atoms with Crippen LogP contribution in [0.5, 0.6) is 0 Å². The Morgan fingerprint density at radius 1 is 1.57 bits per heavy atom. The largest absolute Gasteiger partial charge is 0.368 e. The zero-order valence-corrected chi connectivity index (χ0v) is 5.70. The third kappa shape index (κ3) is 5.82.